The summed E-state index contributed by atoms with van der Waals surface area (Å²) in [6.45, 7) is 1.93. The second-order valence-corrected chi connectivity index (χ2v) is 11.7. The third-order valence-corrected chi connectivity index (χ3v) is 8.21. The van der Waals surface area contributed by atoms with Crippen molar-refractivity contribution in [1.82, 2.24) is 10.2 Å². The third-order valence-electron chi connectivity index (χ3n) is 6.66. The normalized spacial score (nSPS) is 14.8. The maximum atomic E-state index is 14.3. The average molecular weight is 552 g/mol. The zero-order valence-electron chi connectivity index (χ0n) is 21.3. The second kappa shape index (κ2) is 13.2. The Balaban J connectivity index is 1.77. The lowest BCUT2D eigenvalue weighted by Gasteiger charge is -2.32. The van der Waals surface area contributed by atoms with Crippen LogP contribution in [0.3, 0.4) is 0 Å². The van der Waals surface area contributed by atoms with Crippen molar-refractivity contribution >= 4 is 39.1 Å². The molecule has 1 N–H and O–H groups in total. The molecule has 0 aliphatic heterocycles. The number of carbonyl (C=O) groups is 2. The van der Waals surface area contributed by atoms with Crippen molar-refractivity contribution in [2.75, 3.05) is 17.1 Å². The largest absolute Gasteiger partial charge is 0.352 e. The van der Waals surface area contributed by atoms with E-state index in [1.165, 1.54) is 23.1 Å². The first-order valence-electron chi connectivity index (χ1n) is 12.7. The van der Waals surface area contributed by atoms with Crippen LogP contribution >= 0.6 is 11.6 Å². The number of nitrogens with zero attached hydrogens (tertiary/aromatic N) is 2. The maximum absolute atomic E-state index is 14.3. The lowest BCUT2D eigenvalue weighted by atomic mass is 10.1. The smallest absolute Gasteiger partial charge is 0.243 e. The van der Waals surface area contributed by atoms with Crippen LogP contribution < -0.4 is 9.62 Å². The van der Waals surface area contributed by atoms with Crippen LogP contribution in [0.1, 0.15) is 57.4 Å². The molecule has 2 amide bonds. The Labute approximate surface area is 224 Å². The number of para-hydroxylation sites is 1. The Kier molecular flexibility index (Phi) is 10.3. The summed E-state index contributed by atoms with van der Waals surface area (Å²) >= 11 is 6.37. The molecule has 202 valence electrons. The van der Waals surface area contributed by atoms with Gasteiger partial charge in [-0.05, 0) is 49.4 Å². The number of rotatable bonds is 12. The molecule has 1 aliphatic rings. The molecule has 2 aromatic rings. The van der Waals surface area contributed by atoms with Gasteiger partial charge in [0.2, 0.25) is 21.8 Å². The molecule has 0 radical (unpaired) electrons. The fourth-order valence-corrected chi connectivity index (χ4v) is 5.90. The molecule has 7 nitrogen and oxygen atoms in total. The Hall–Kier alpha value is -2.65. The van der Waals surface area contributed by atoms with E-state index in [-0.39, 0.29) is 49.5 Å². The summed E-state index contributed by atoms with van der Waals surface area (Å²) in [5.74, 6) is -1.15. The molecule has 0 saturated heterocycles. The summed E-state index contributed by atoms with van der Waals surface area (Å²) in [6, 6.07) is 12.2. The van der Waals surface area contributed by atoms with Gasteiger partial charge in [-0.15, -0.1) is 0 Å². The van der Waals surface area contributed by atoms with Crippen LogP contribution in [0.2, 0.25) is 5.02 Å². The molecular formula is C27H35ClFN3O4S. The molecule has 37 heavy (non-hydrogen) atoms. The number of hydrogen-bond acceptors (Lipinski definition) is 4. The molecule has 0 heterocycles. The maximum Gasteiger partial charge on any atom is 0.243 e. The topological polar surface area (TPSA) is 86.8 Å². The van der Waals surface area contributed by atoms with Gasteiger partial charge in [0, 0.05) is 30.6 Å². The molecule has 2 aromatic carbocycles. The number of carbonyl (C=O) groups excluding carboxylic acids is 2. The summed E-state index contributed by atoms with van der Waals surface area (Å²) < 4.78 is 40.1. The van der Waals surface area contributed by atoms with E-state index in [0.29, 0.717) is 17.0 Å². The predicted octanol–water partition coefficient (Wildman–Crippen LogP) is 4.89. The van der Waals surface area contributed by atoms with Crippen molar-refractivity contribution in [3.63, 3.8) is 0 Å². The van der Waals surface area contributed by atoms with Crippen molar-refractivity contribution in [1.29, 1.82) is 0 Å². The lowest BCUT2D eigenvalue weighted by Crippen LogP contribution is -2.51. The van der Waals surface area contributed by atoms with Crippen LogP contribution in [0.4, 0.5) is 10.1 Å². The van der Waals surface area contributed by atoms with Gasteiger partial charge < -0.3 is 10.2 Å². The molecule has 3 rings (SSSR count). The van der Waals surface area contributed by atoms with E-state index >= 15 is 0 Å². The van der Waals surface area contributed by atoms with Gasteiger partial charge >= 0.3 is 0 Å². The Morgan fingerprint density at radius 2 is 1.76 bits per heavy atom. The Bertz CT molecular complexity index is 1190. The fraction of sp³-hybridized carbons (Fsp3) is 0.481. The van der Waals surface area contributed by atoms with Crippen molar-refractivity contribution < 1.29 is 22.4 Å². The molecule has 0 aromatic heterocycles. The number of halogens is 2. The van der Waals surface area contributed by atoms with E-state index in [1.54, 1.807) is 18.2 Å². The van der Waals surface area contributed by atoms with E-state index < -0.39 is 21.9 Å². The highest BCUT2D eigenvalue weighted by molar-refractivity contribution is 7.92. The van der Waals surface area contributed by atoms with Gasteiger partial charge in [0.15, 0.2) is 0 Å². The number of nitrogens with one attached hydrogen (secondary N) is 1. The number of anilines is 1. The van der Waals surface area contributed by atoms with Crippen molar-refractivity contribution in [2.45, 2.75) is 70.5 Å². The highest BCUT2D eigenvalue weighted by Gasteiger charge is 2.31. The third kappa shape index (κ3) is 7.92. The first-order valence-corrected chi connectivity index (χ1v) is 14.9. The monoisotopic (exact) mass is 551 g/mol. The molecule has 0 bridgehead atoms. The van der Waals surface area contributed by atoms with E-state index in [2.05, 4.69) is 5.32 Å². The van der Waals surface area contributed by atoms with Crippen LogP contribution in [0.15, 0.2) is 48.5 Å². The quantitative estimate of drug-likeness (QED) is 0.407. The fourth-order valence-electron chi connectivity index (χ4n) is 4.73. The summed E-state index contributed by atoms with van der Waals surface area (Å²) in [5.41, 5.74) is 0.654. The molecular weight excluding hydrogens is 517 g/mol. The summed E-state index contributed by atoms with van der Waals surface area (Å²) in [7, 11) is -3.77. The van der Waals surface area contributed by atoms with Gasteiger partial charge in [-0.3, -0.25) is 13.9 Å². The van der Waals surface area contributed by atoms with Crippen LogP contribution in [0.25, 0.3) is 0 Å². The van der Waals surface area contributed by atoms with Crippen molar-refractivity contribution in [3.05, 3.63) is 64.9 Å². The summed E-state index contributed by atoms with van der Waals surface area (Å²) in [5, 5.41) is 3.59. The molecule has 0 unspecified atom stereocenters. The highest BCUT2D eigenvalue weighted by Crippen LogP contribution is 2.24. The van der Waals surface area contributed by atoms with Crippen LogP contribution in [0.5, 0.6) is 0 Å². The molecule has 1 atom stereocenters. The molecule has 10 heteroatoms. The number of amides is 2. The van der Waals surface area contributed by atoms with Gasteiger partial charge in [0.1, 0.15) is 11.9 Å². The minimum Gasteiger partial charge on any atom is -0.352 e. The van der Waals surface area contributed by atoms with Crippen LogP contribution in [-0.4, -0.2) is 50.0 Å². The minimum atomic E-state index is -3.77. The molecule has 1 aliphatic carbocycles. The molecule has 1 saturated carbocycles. The minimum absolute atomic E-state index is 0.0157. The molecule has 0 spiro atoms. The van der Waals surface area contributed by atoms with Crippen LogP contribution in [-0.2, 0) is 26.2 Å². The number of sulfonamides is 1. The average Bonchev–Trinajstić information content (AvgIpc) is 3.35. The van der Waals surface area contributed by atoms with E-state index in [4.69, 9.17) is 11.6 Å². The van der Waals surface area contributed by atoms with Crippen LogP contribution in [0, 0.1) is 5.82 Å². The van der Waals surface area contributed by atoms with Gasteiger partial charge in [-0.1, -0.05) is 61.7 Å². The summed E-state index contributed by atoms with van der Waals surface area (Å²) in [4.78, 5) is 28.2. The standard InChI is InChI=1S/C27H35ClFN3O4S/c1-3-24(27(34)30-21-12-5-6-13-21)31(19-20-11-4-7-14-22(20)28)26(33)17-10-18-32(37(2,35)36)25-16-9-8-15-23(25)29/h4,7-9,11,14-16,21,24H,3,5-6,10,12-13,17-19H2,1-2H3,(H,30,34)/t24-/m1/s1. The van der Waals surface area contributed by atoms with Crippen molar-refractivity contribution in [3.8, 4) is 0 Å². The predicted molar refractivity (Wildman–Crippen MR) is 144 cm³/mol. The summed E-state index contributed by atoms with van der Waals surface area (Å²) in [6.07, 6.45) is 5.56. The molecule has 1 fully saturated rings. The number of hydrogen-bond donors (Lipinski definition) is 1. The Morgan fingerprint density at radius 3 is 2.38 bits per heavy atom. The zero-order chi connectivity index (χ0) is 27.0. The SMILES string of the molecule is CC[C@H](C(=O)NC1CCCC1)N(Cc1ccccc1Cl)C(=O)CCCN(c1ccccc1F)S(C)(=O)=O. The van der Waals surface area contributed by atoms with Gasteiger partial charge in [0.05, 0.1) is 11.9 Å². The first-order chi connectivity index (χ1) is 17.6. The Morgan fingerprint density at radius 1 is 1.11 bits per heavy atom. The first kappa shape index (κ1) is 28.9. The lowest BCUT2D eigenvalue weighted by molar-refractivity contribution is -0.141. The van der Waals surface area contributed by atoms with E-state index in [1.807, 2.05) is 19.1 Å². The van der Waals surface area contributed by atoms with Gasteiger partial charge in [-0.25, -0.2) is 12.8 Å². The van der Waals surface area contributed by atoms with E-state index in [0.717, 1.165) is 36.2 Å². The number of benzene rings is 2. The highest BCUT2D eigenvalue weighted by atomic mass is 35.5. The zero-order valence-corrected chi connectivity index (χ0v) is 22.9. The second-order valence-electron chi connectivity index (χ2n) is 9.42. The van der Waals surface area contributed by atoms with E-state index in [9.17, 15) is 22.4 Å². The van der Waals surface area contributed by atoms with Gasteiger partial charge in [0.25, 0.3) is 0 Å². The van der Waals surface area contributed by atoms with Gasteiger partial charge in [-0.2, -0.15) is 0 Å². The van der Waals surface area contributed by atoms with Crippen molar-refractivity contribution in [2.24, 2.45) is 0 Å².